The van der Waals surface area contributed by atoms with Crippen LogP contribution in [0.1, 0.15) is 10.6 Å². The zero-order chi connectivity index (χ0) is 15.3. The van der Waals surface area contributed by atoms with Gasteiger partial charge in [-0.3, -0.25) is 4.79 Å². The van der Waals surface area contributed by atoms with Crippen molar-refractivity contribution in [2.45, 2.75) is 0 Å². The van der Waals surface area contributed by atoms with Crippen LogP contribution in [0.4, 0.5) is 14.5 Å². The van der Waals surface area contributed by atoms with Gasteiger partial charge in [0.1, 0.15) is 5.01 Å². The smallest absolute Gasteiger partial charge is 0.256 e. The first kappa shape index (κ1) is 13.1. The maximum absolute atomic E-state index is 13.4. The van der Waals surface area contributed by atoms with Crippen molar-refractivity contribution in [3.05, 3.63) is 58.6 Å². The lowest BCUT2D eigenvalue weighted by Gasteiger charge is -1.99. The Morgan fingerprint density at radius 3 is 2.73 bits per heavy atom. The minimum absolute atomic E-state index is 0.274. The second-order valence-electron chi connectivity index (χ2n) is 4.84. The summed E-state index contributed by atoms with van der Waals surface area (Å²) < 4.78 is 27.7. The number of nitrogens with zero attached hydrogens (tertiary/aromatic N) is 1. The van der Waals surface area contributed by atoms with Gasteiger partial charge in [-0.1, -0.05) is 12.1 Å². The minimum Gasteiger partial charge on any atom is -0.321 e. The van der Waals surface area contributed by atoms with Crippen molar-refractivity contribution < 1.29 is 13.6 Å². The molecule has 4 rings (SSSR count). The van der Waals surface area contributed by atoms with Gasteiger partial charge in [0.05, 0.1) is 21.5 Å². The van der Waals surface area contributed by atoms with Gasteiger partial charge in [0.2, 0.25) is 0 Å². The molecule has 1 N–H and O–H groups in total. The highest BCUT2D eigenvalue weighted by atomic mass is 32.1. The Kier molecular flexibility index (Phi) is 2.80. The highest BCUT2D eigenvalue weighted by molar-refractivity contribution is 7.19. The van der Waals surface area contributed by atoms with Crippen LogP contribution in [0.3, 0.4) is 0 Å². The summed E-state index contributed by atoms with van der Waals surface area (Å²) in [7, 11) is 0. The van der Waals surface area contributed by atoms with Crippen molar-refractivity contribution in [1.82, 2.24) is 4.98 Å². The monoisotopic (exact) mass is 314 g/mol. The molecule has 1 aliphatic heterocycles. The second-order valence-corrected chi connectivity index (χ2v) is 5.91. The summed E-state index contributed by atoms with van der Waals surface area (Å²) in [5.41, 5.74) is 1.75. The normalized spacial score (nSPS) is 15.4. The number of rotatable bonds is 1. The van der Waals surface area contributed by atoms with Crippen molar-refractivity contribution in [3.8, 4) is 0 Å². The standard InChI is InChI=1S/C16H8F2N2OS/c17-10-5-8-9(16(21)20-13(8)7-11(10)18)6-15-19-12-3-1-2-4-14(12)22-15/h1-7H,(H,20,21)/b9-6+. The maximum Gasteiger partial charge on any atom is 0.256 e. The largest absolute Gasteiger partial charge is 0.321 e. The number of amides is 1. The number of thiazole rings is 1. The summed E-state index contributed by atoms with van der Waals surface area (Å²) in [5, 5.41) is 3.18. The molecule has 0 unspecified atom stereocenters. The van der Waals surface area contributed by atoms with E-state index in [0.29, 0.717) is 10.6 Å². The van der Waals surface area contributed by atoms with Crippen LogP contribution in [0, 0.1) is 11.6 Å². The summed E-state index contributed by atoms with van der Waals surface area (Å²) in [4.78, 5) is 16.4. The third-order valence-electron chi connectivity index (χ3n) is 3.42. The average molecular weight is 314 g/mol. The number of fused-ring (bicyclic) bond motifs is 2. The highest BCUT2D eigenvalue weighted by Crippen LogP contribution is 2.35. The summed E-state index contributed by atoms with van der Waals surface area (Å²) in [6, 6.07) is 9.63. The lowest BCUT2D eigenvalue weighted by molar-refractivity contribution is -0.110. The van der Waals surface area contributed by atoms with Crippen LogP contribution < -0.4 is 5.32 Å². The highest BCUT2D eigenvalue weighted by Gasteiger charge is 2.26. The van der Waals surface area contributed by atoms with Gasteiger partial charge in [-0.2, -0.15) is 0 Å². The predicted molar refractivity (Wildman–Crippen MR) is 82.5 cm³/mol. The zero-order valence-corrected chi connectivity index (χ0v) is 11.9. The van der Waals surface area contributed by atoms with E-state index >= 15 is 0 Å². The van der Waals surface area contributed by atoms with Crippen LogP contribution in [-0.4, -0.2) is 10.9 Å². The fourth-order valence-electron chi connectivity index (χ4n) is 2.40. The molecular weight excluding hydrogens is 306 g/mol. The Morgan fingerprint density at radius 2 is 1.91 bits per heavy atom. The molecule has 2 aromatic carbocycles. The third kappa shape index (κ3) is 2.00. The SMILES string of the molecule is O=C1Nc2cc(F)c(F)cc2/C1=C\c1nc2ccccc2s1. The van der Waals surface area contributed by atoms with Gasteiger partial charge < -0.3 is 5.32 Å². The molecule has 22 heavy (non-hydrogen) atoms. The molecule has 3 nitrogen and oxygen atoms in total. The lowest BCUT2D eigenvalue weighted by atomic mass is 10.1. The van der Waals surface area contributed by atoms with Gasteiger partial charge in [0.15, 0.2) is 11.6 Å². The van der Waals surface area contributed by atoms with Gasteiger partial charge in [-0.25, -0.2) is 13.8 Å². The van der Waals surface area contributed by atoms with E-state index in [4.69, 9.17) is 0 Å². The number of anilines is 1. The molecule has 0 radical (unpaired) electrons. The van der Waals surface area contributed by atoms with Gasteiger partial charge in [-0.05, 0) is 24.3 Å². The van der Waals surface area contributed by atoms with E-state index in [1.807, 2.05) is 24.3 Å². The number of para-hydroxylation sites is 1. The average Bonchev–Trinajstić information content (AvgIpc) is 3.02. The molecule has 0 fully saturated rings. The van der Waals surface area contributed by atoms with E-state index in [0.717, 1.165) is 22.3 Å². The first-order valence-electron chi connectivity index (χ1n) is 6.50. The van der Waals surface area contributed by atoms with E-state index in [1.54, 1.807) is 6.08 Å². The summed E-state index contributed by atoms with van der Waals surface area (Å²) in [5.74, 6) is -2.36. The molecular formula is C16H8F2N2OS. The molecule has 0 saturated carbocycles. The molecule has 1 amide bonds. The van der Waals surface area contributed by atoms with E-state index in [2.05, 4.69) is 10.3 Å². The molecule has 0 spiro atoms. The van der Waals surface area contributed by atoms with E-state index in [1.165, 1.54) is 11.3 Å². The van der Waals surface area contributed by atoms with Crippen LogP contribution in [-0.2, 0) is 4.79 Å². The topological polar surface area (TPSA) is 42.0 Å². The van der Waals surface area contributed by atoms with Crippen LogP contribution >= 0.6 is 11.3 Å². The molecule has 0 aliphatic carbocycles. The Labute approximate surface area is 127 Å². The fraction of sp³-hybridized carbons (Fsp3) is 0. The van der Waals surface area contributed by atoms with E-state index in [-0.39, 0.29) is 17.2 Å². The maximum atomic E-state index is 13.4. The molecule has 2 heterocycles. The molecule has 108 valence electrons. The second kappa shape index (κ2) is 4.71. The number of benzene rings is 2. The molecule has 0 atom stereocenters. The number of carbonyl (C=O) groups excluding carboxylic acids is 1. The van der Waals surface area contributed by atoms with Crippen LogP contribution in [0.2, 0.25) is 0 Å². The Hall–Kier alpha value is -2.60. The summed E-state index contributed by atoms with van der Waals surface area (Å²) in [6.45, 7) is 0. The van der Waals surface area contributed by atoms with Gasteiger partial charge in [0.25, 0.3) is 5.91 Å². The molecule has 0 saturated heterocycles. The van der Waals surface area contributed by atoms with Crippen LogP contribution in [0.25, 0.3) is 21.9 Å². The molecule has 0 bridgehead atoms. The fourth-order valence-corrected chi connectivity index (χ4v) is 3.31. The first-order chi connectivity index (χ1) is 10.6. The first-order valence-corrected chi connectivity index (χ1v) is 7.31. The van der Waals surface area contributed by atoms with Crippen molar-refractivity contribution in [2.24, 2.45) is 0 Å². The zero-order valence-electron chi connectivity index (χ0n) is 11.1. The molecule has 6 heteroatoms. The number of aromatic nitrogens is 1. The van der Waals surface area contributed by atoms with Crippen molar-refractivity contribution in [3.63, 3.8) is 0 Å². The Bertz CT molecular complexity index is 929. The number of hydrogen-bond donors (Lipinski definition) is 1. The number of carbonyl (C=O) groups is 1. The Balaban J connectivity index is 1.86. The number of hydrogen-bond acceptors (Lipinski definition) is 3. The lowest BCUT2D eigenvalue weighted by Crippen LogP contribution is -2.03. The summed E-state index contributed by atoms with van der Waals surface area (Å²) >= 11 is 1.43. The van der Waals surface area contributed by atoms with Gasteiger partial charge in [0, 0.05) is 11.6 Å². The summed E-state index contributed by atoms with van der Waals surface area (Å²) in [6.07, 6.45) is 1.60. The van der Waals surface area contributed by atoms with Crippen LogP contribution in [0.5, 0.6) is 0 Å². The van der Waals surface area contributed by atoms with Crippen molar-refractivity contribution in [2.75, 3.05) is 5.32 Å². The predicted octanol–water partition coefficient (Wildman–Crippen LogP) is 4.07. The molecule has 1 aromatic heterocycles. The quantitative estimate of drug-likeness (QED) is 0.688. The molecule has 1 aliphatic rings. The molecule has 3 aromatic rings. The van der Waals surface area contributed by atoms with Crippen LogP contribution in [0.15, 0.2) is 36.4 Å². The third-order valence-corrected chi connectivity index (χ3v) is 4.41. The van der Waals surface area contributed by atoms with E-state index < -0.39 is 11.6 Å². The number of halogens is 2. The van der Waals surface area contributed by atoms with Crippen molar-refractivity contribution in [1.29, 1.82) is 0 Å². The minimum atomic E-state index is -0.986. The van der Waals surface area contributed by atoms with E-state index in [9.17, 15) is 13.6 Å². The van der Waals surface area contributed by atoms with Crippen molar-refractivity contribution >= 4 is 44.8 Å². The van der Waals surface area contributed by atoms with Gasteiger partial charge in [-0.15, -0.1) is 11.3 Å². The van der Waals surface area contributed by atoms with Gasteiger partial charge >= 0.3 is 0 Å². The Morgan fingerprint density at radius 1 is 1.14 bits per heavy atom. The number of nitrogens with one attached hydrogen (secondary N) is 1.